The first kappa shape index (κ1) is 21.2. The molecule has 0 bridgehead atoms. The lowest BCUT2D eigenvalue weighted by atomic mass is 9.74. The number of hydrogen-bond acceptors (Lipinski definition) is 6. The van der Waals surface area contributed by atoms with E-state index in [9.17, 15) is 19.5 Å². The highest BCUT2D eigenvalue weighted by Gasteiger charge is 2.50. The lowest BCUT2D eigenvalue weighted by molar-refractivity contribution is -0.147. The third-order valence-electron chi connectivity index (χ3n) is 5.35. The maximum atomic E-state index is 13.5. The molecule has 2 aromatic rings. The second-order valence-corrected chi connectivity index (χ2v) is 7.41. The molecule has 2 aromatic carbocycles. The summed E-state index contributed by atoms with van der Waals surface area (Å²) >= 11 is 0. The van der Waals surface area contributed by atoms with Crippen molar-refractivity contribution in [2.75, 3.05) is 6.54 Å². The number of carbonyl (C=O) groups excluding carboxylic acids is 2. The zero-order valence-electron chi connectivity index (χ0n) is 17.1. The highest BCUT2D eigenvalue weighted by Crippen LogP contribution is 2.32. The summed E-state index contributed by atoms with van der Waals surface area (Å²) in [4.78, 5) is 46.9. The fraction of sp³-hybridized carbons (Fsp3) is 0.208. The van der Waals surface area contributed by atoms with Gasteiger partial charge in [-0.1, -0.05) is 54.6 Å². The fourth-order valence-electron chi connectivity index (χ4n) is 3.82. The van der Waals surface area contributed by atoms with Crippen LogP contribution in [0.5, 0.6) is 0 Å². The number of ketones is 1. The summed E-state index contributed by atoms with van der Waals surface area (Å²) in [6, 6.07) is 16.2. The SMILES string of the molecule is O=C(NC1(C2=NCC=Nc3ccccc32)C=CCC(C(=O)O)C1=O)OCc1ccccc1. The molecule has 8 nitrogen and oxygen atoms in total. The largest absolute Gasteiger partial charge is 0.481 e. The number of carboxylic acid groups (broad SMARTS) is 1. The molecule has 1 heterocycles. The Kier molecular flexibility index (Phi) is 5.93. The topological polar surface area (TPSA) is 117 Å². The van der Waals surface area contributed by atoms with Crippen molar-refractivity contribution in [2.24, 2.45) is 15.9 Å². The molecule has 0 saturated carbocycles. The van der Waals surface area contributed by atoms with Gasteiger partial charge in [0.05, 0.1) is 17.9 Å². The van der Waals surface area contributed by atoms with Gasteiger partial charge in [0.2, 0.25) is 0 Å². The van der Waals surface area contributed by atoms with E-state index in [1.54, 1.807) is 48.7 Å². The average molecular weight is 431 g/mol. The number of fused-ring (bicyclic) bond motifs is 1. The molecule has 1 aliphatic heterocycles. The molecule has 0 spiro atoms. The lowest BCUT2D eigenvalue weighted by Gasteiger charge is -2.36. The number of carboxylic acids is 1. The molecule has 32 heavy (non-hydrogen) atoms. The van der Waals surface area contributed by atoms with Gasteiger partial charge in [-0.2, -0.15) is 0 Å². The summed E-state index contributed by atoms with van der Waals surface area (Å²) in [5, 5.41) is 12.2. The molecule has 8 heteroatoms. The van der Waals surface area contributed by atoms with Crippen molar-refractivity contribution in [1.29, 1.82) is 0 Å². The van der Waals surface area contributed by atoms with Crippen LogP contribution in [0.1, 0.15) is 17.5 Å². The van der Waals surface area contributed by atoms with Gasteiger partial charge in [-0.3, -0.25) is 24.9 Å². The number of carbonyl (C=O) groups is 3. The molecule has 162 valence electrons. The maximum absolute atomic E-state index is 13.5. The predicted molar refractivity (Wildman–Crippen MR) is 118 cm³/mol. The van der Waals surface area contributed by atoms with Crippen LogP contribution in [0.15, 0.2) is 76.7 Å². The number of aliphatic imine (C=N–C) groups is 2. The van der Waals surface area contributed by atoms with E-state index in [0.29, 0.717) is 11.3 Å². The van der Waals surface area contributed by atoms with Crippen molar-refractivity contribution in [1.82, 2.24) is 5.32 Å². The van der Waals surface area contributed by atoms with E-state index in [-0.39, 0.29) is 25.3 Å². The van der Waals surface area contributed by atoms with E-state index in [1.165, 1.54) is 6.08 Å². The molecular formula is C24H21N3O5. The number of nitrogens with zero attached hydrogens (tertiary/aromatic N) is 2. The van der Waals surface area contributed by atoms with Crippen LogP contribution in [0.3, 0.4) is 0 Å². The summed E-state index contributed by atoms with van der Waals surface area (Å²) in [6.45, 7) is 0.167. The van der Waals surface area contributed by atoms with Crippen molar-refractivity contribution in [3.05, 3.63) is 77.9 Å². The minimum atomic E-state index is -1.79. The van der Waals surface area contributed by atoms with Crippen LogP contribution >= 0.6 is 0 Å². The first-order chi connectivity index (χ1) is 15.5. The number of para-hydroxylation sites is 1. The highest BCUT2D eigenvalue weighted by atomic mass is 16.5. The van der Waals surface area contributed by atoms with Crippen LogP contribution in [0, 0.1) is 5.92 Å². The summed E-state index contributed by atoms with van der Waals surface area (Å²) < 4.78 is 5.34. The van der Waals surface area contributed by atoms with Gasteiger partial charge >= 0.3 is 12.1 Å². The molecule has 2 N–H and O–H groups in total. The van der Waals surface area contributed by atoms with Crippen molar-refractivity contribution < 1.29 is 24.2 Å². The molecule has 4 rings (SSSR count). The third kappa shape index (κ3) is 4.07. The number of nitrogens with one attached hydrogen (secondary N) is 1. The normalized spacial score (nSPS) is 21.8. The number of allylic oxidation sites excluding steroid dienone is 1. The van der Waals surface area contributed by atoms with E-state index in [4.69, 9.17) is 4.74 Å². The Labute approximate surface area is 184 Å². The van der Waals surface area contributed by atoms with Gasteiger partial charge in [-0.05, 0) is 24.1 Å². The van der Waals surface area contributed by atoms with Gasteiger partial charge in [0.25, 0.3) is 0 Å². The van der Waals surface area contributed by atoms with E-state index in [0.717, 1.165) is 5.56 Å². The van der Waals surface area contributed by atoms with E-state index in [1.807, 2.05) is 18.2 Å². The number of amides is 1. The Bertz CT molecular complexity index is 1140. The van der Waals surface area contributed by atoms with Crippen molar-refractivity contribution in [3.8, 4) is 0 Å². The molecule has 2 aliphatic rings. The fourth-order valence-corrected chi connectivity index (χ4v) is 3.82. The van der Waals surface area contributed by atoms with Crippen LogP contribution in [0.2, 0.25) is 0 Å². The number of ether oxygens (including phenoxy) is 1. The van der Waals surface area contributed by atoms with E-state index < -0.39 is 29.3 Å². The van der Waals surface area contributed by atoms with Crippen LogP contribution in [0.4, 0.5) is 10.5 Å². The first-order valence-electron chi connectivity index (χ1n) is 10.1. The molecule has 1 amide bonds. The smallest absolute Gasteiger partial charge is 0.408 e. The molecule has 1 aliphatic carbocycles. The molecule has 0 fully saturated rings. The third-order valence-corrected chi connectivity index (χ3v) is 5.35. The number of alkyl carbamates (subject to hydrolysis) is 1. The van der Waals surface area contributed by atoms with Crippen LogP contribution in [-0.2, 0) is 20.9 Å². The lowest BCUT2D eigenvalue weighted by Crippen LogP contribution is -2.62. The molecule has 2 atom stereocenters. The molecule has 0 radical (unpaired) electrons. The minimum Gasteiger partial charge on any atom is -0.481 e. The quantitative estimate of drug-likeness (QED) is 0.557. The van der Waals surface area contributed by atoms with Crippen LogP contribution in [-0.4, -0.2) is 47.0 Å². The van der Waals surface area contributed by atoms with Crippen LogP contribution < -0.4 is 5.32 Å². The van der Waals surface area contributed by atoms with Crippen LogP contribution in [0.25, 0.3) is 0 Å². The van der Waals surface area contributed by atoms with Gasteiger partial charge in [-0.25, -0.2) is 4.79 Å². The predicted octanol–water partition coefficient (Wildman–Crippen LogP) is 3.09. The van der Waals surface area contributed by atoms with E-state index in [2.05, 4.69) is 15.3 Å². The van der Waals surface area contributed by atoms with Gasteiger partial charge in [0, 0.05) is 11.8 Å². The average Bonchev–Trinajstić information content (AvgIpc) is 3.02. The maximum Gasteiger partial charge on any atom is 0.408 e. The number of Topliss-reactive ketones (excluding diaryl/α,β-unsaturated/α-hetero) is 1. The number of benzene rings is 2. The summed E-state index contributed by atoms with van der Waals surface area (Å²) in [7, 11) is 0. The zero-order chi connectivity index (χ0) is 22.6. The van der Waals surface area contributed by atoms with Crippen molar-refractivity contribution in [2.45, 2.75) is 18.6 Å². The van der Waals surface area contributed by atoms with Gasteiger partial charge in [0.1, 0.15) is 12.5 Å². The number of aliphatic carboxylic acids is 1. The zero-order valence-corrected chi connectivity index (χ0v) is 17.1. The molecule has 0 saturated heterocycles. The second kappa shape index (κ2) is 8.97. The Morgan fingerprint density at radius 3 is 2.66 bits per heavy atom. The Morgan fingerprint density at radius 2 is 1.88 bits per heavy atom. The van der Waals surface area contributed by atoms with Gasteiger partial charge < -0.3 is 9.84 Å². The Hall–Kier alpha value is -4.07. The summed E-state index contributed by atoms with van der Waals surface area (Å²) in [6.07, 6.45) is 3.85. The Balaban J connectivity index is 1.72. The van der Waals surface area contributed by atoms with Crippen molar-refractivity contribution in [3.63, 3.8) is 0 Å². The van der Waals surface area contributed by atoms with Gasteiger partial charge in [-0.15, -0.1) is 0 Å². The summed E-state index contributed by atoms with van der Waals surface area (Å²) in [5.74, 6) is -3.27. The number of hydrogen-bond donors (Lipinski definition) is 2. The minimum absolute atomic E-state index is 0.00477. The highest BCUT2D eigenvalue weighted by molar-refractivity contribution is 6.29. The Morgan fingerprint density at radius 1 is 1.12 bits per heavy atom. The number of rotatable bonds is 5. The standard InChI is InChI=1S/C24H21N3O5/c28-21-18(22(29)30)10-6-12-24(21,27-23(31)32-15-16-7-2-1-3-8-16)20-17-9-4-5-11-19(17)25-13-14-26-20/h1-9,11-13,18H,10,14-15H2,(H,27,31)(H,29,30). The summed E-state index contributed by atoms with van der Waals surface area (Å²) in [5.41, 5.74) is 0.319. The van der Waals surface area contributed by atoms with Crippen molar-refractivity contribution >= 4 is 35.5 Å². The second-order valence-electron chi connectivity index (χ2n) is 7.41. The molecule has 2 unspecified atom stereocenters. The van der Waals surface area contributed by atoms with Gasteiger partial charge in [0.15, 0.2) is 11.3 Å². The monoisotopic (exact) mass is 431 g/mol. The first-order valence-corrected chi connectivity index (χ1v) is 10.1. The molecule has 0 aromatic heterocycles. The van der Waals surface area contributed by atoms with E-state index >= 15 is 0 Å². The molecular weight excluding hydrogens is 410 g/mol.